The summed E-state index contributed by atoms with van der Waals surface area (Å²) in [5.74, 6) is 0.328. The van der Waals surface area contributed by atoms with Gasteiger partial charge in [0.25, 0.3) is 10.1 Å². The summed E-state index contributed by atoms with van der Waals surface area (Å²) in [6.07, 6.45) is 0.469. The smallest absolute Gasteiger partial charge is 0.294 e. The molecular formula is C11H14N6O3S. The lowest BCUT2D eigenvalue weighted by molar-refractivity contribution is 0.483. The van der Waals surface area contributed by atoms with Gasteiger partial charge < -0.3 is 11.5 Å². The number of hydrogen-bond donors (Lipinski definition) is 3. The van der Waals surface area contributed by atoms with Crippen molar-refractivity contribution in [2.24, 2.45) is 26.8 Å². The zero-order valence-corrected chi connectivity index (χ0v) is 11.9. The van der Waals surface area contributed by atoms with Crippen LogP contribution in [0.2, 0.25) is 0 Å². The van der Waals surface area contributed by atoms with Gasteiger partial charge in [-0.1, -0.05) is 0 Å². The monoisotopic (exact) mass is 310 g/mol. The third kappa shape index (κ3) is 3.55. The van der Waals surface area contributed by atoms with Gasteiger partial charge >= 0.3 is 0 Å². The summed E-state index contributed by atoms with van der Waals surface area (Å²) >= 11 is 0. The molecule has 21 heavy (non-hydrogen) atoms. The second-order valence-electron chi connectivity index (χ2n) is 4.33. The molecule has 1 aromatic carbocycles. The Balaban J connectivity index is 2.35. The van der Waals surface area contributed by atoms with Crippen molar-refractivity contribution in [2.75, 3.05) is 5.01 Å². The fourth-order valence-corrected chi connectivity index (χ4v) is 2.21. The Morgan fingerprint density at radius 3 is 2.48 bits per heavy atom. The van der Waals surface area contributed by atoms with E-state index in [-0.39, 0.29) is 10.9 Å². The number of guanidine groups is 1. The summed E-state index contributed by atoms with van der Waals surface area (Å²) in [5.41, 5.74) is 11.8. The van der Waals surface area contributed by atoms with E-state index >= 15 is 0 Å². The van der Waals surface area contributed by atoms with E-state index in [1.807, 2.05) is 6.92 Å². The number of anilines is 1. The van der Waals surface area contributed by atoms with Crippen LogP contribution in [0.15, 0.2) is 44.5 Å². The molecule has 0 atom stereocenters. The topological polar surface area (TPSA) is 147 Å². The zero-order chi connectivity index (χ0) is 15.6. The van der Waals surface area contributed by atoms with Gasteiger partial charge in [-0.05, 0) is 31.2 Å². The average Bonchev–Trinajstić information content (AvgIpc) is 2.77. The second kappa shape index (κ2) is 5.50. The highest BCUT2D eigenvalue weighted by atomic mass is 32.2. The third-order valence-electron chi connectivity index (χ3n) is 2.59. The molecular weight excluding hydrogens is 296 g/mol. The van der Waals surface area contributed by atoms with Crippen molar-refractivity contribution in [3.05, 3.63) is 24.3 Å². The first-order valence-corrected chi connectivity index (χ1v) is 7.28. The van der Waals surface area contributed by atoms with Crippen LogP contribution in [-0.2, 0) is 10.1 Å². The molecule has 1 aromatic rings. The Hall–Kier alpha value is -2.46. The number of amidine groups is 1. The maximum Gasteiger partial charge on any atom is 0.294 e. The molecule has 0 fully saturated rings. The third-order valence-corrected chi connectivity index (χ3v) is 3.46. The molecule has 0 aliphatic carbocycles. The van der Waals surface area contributed by atoms with Crippen LogP contribution in [0.4, 0.5) is 5.69 Å². The van der Waals surface area contributed by atoms with Crippen LogP contribution >= 0.6 is 0 Å². The van der Waals surface area contributed by atoms with Gasteiger partial charge in [0.2, 0.25) is 5.96 Å². The summed E-state index contributed by atoms with van der Waals surface area (Å²) in [7, 11) is -4.23. The fourth-order valence-electron chi connectivity index (χ4n) is 1.73. The van der Waals surface area contributed by atoms with Crippen molar-refractivity contribution >= 4 is 33.3 Å². The summed E-state index contributed by atoms with van der Waals surface area (Å²) in [6.45, 7) is 1.82. The minimum absolute atomic E-state index is 0.172. The van der Waals surface area contributed by atoms with Gasteiger partial charge in [0.15, 0.2) is 5.84 Å². The van der Waals surface area contributed by atoms with E-state index < -0.39 is 10.1 Å². The van der Waals surface area contributed by atoms with Gasteiger partial charge in [-0.2, -0.15) is 13.5 Å². The van der Waals surface area contributed by atoms with E-state index in [1.165, 1.54) is 29.3 Å². The van der Waals surface area contributed by atoms with Gasteiger partial charge in [0.1, 0.15) is 0 Å². The van der Waals surface area contributed by atoms with Crippen molar-refractivity contribution < 1.29 is 13.0 Å². The summed E-state index contributed by atoms with van der Waals surface area (Å²) in [4.78, 5) is -0.200. The highest BCUT2D eigenvalue weighted by molar-refractivity contribution is 7.85. The number of nitrogens with two attached hydrogens (primary N) is 2. The molecule has 0 amide bonds. The molecule has 0 saturated carbocycles. The second-order valence-corrected chi connectivity index (χ2v) is 5.76. The first-order chi connectivity index (χ1) is 9.77. The van der Waals surface area contributed by atoms with Crippen LogP contribution < -0.4 is 16.5 Å². The standard InChI is InChI=1S/C11H14N6O3S/c1-7-6-10(14-15-11(12)13)17(16-7)8-2-4-9(5-3-8)21(18,19)20/h2-5H,6H2,1H3,(H4,12,13,15)(H,18,19,20)/b14-10-. The summed E-state index contributed by atoms with van der Waals surface area (Å²) in [5, 5.41) is 13.2. The van der Waals surface area contributed by atoms with Crippen LogP contribution in [0.5, 0.6) is 0 Å². The maximum absolute atomic E-state index is 11.0. The molecule has 0 saturated heterocycles. The zero-order valence-electron chi connectivity index (χ0n) is 11.1. The number of hydrazone groups is 1. The Morgan fingerprint density at radius 1 is 1.33 bits per heavy atom. The lowest BCUT2D eigenvalue weighted by Gasteiger charge is -2.14. The Kier molecular flexibility index (Phi) is 3.91. The molecule has 112 valence electrons. The molecule has 0 radical (unpaired) electrons. The van der Waals surface area contributed by atoms with E-state index in [4.69, 9.17) is 16.0 Å². The highest BCUT2D eigenvalue weighted by Crippen LogP contribution is 2.23. The van der Waals surface area contributed by atoms with Crippen molar-refractivity contribution in [3.63, 3.8) is 0 Å². The van der Waals surface area contributed by atoms with E-state index in [0.29, 0.717) is 17.9 Å². The van der Waals surface area contributed by atoms with Crippen molar-refractivity contribution in [1.82, 2.24) is 0 Å². The Morgan fingerprint density at radius 2 is 1.95 bits per heavy atom. The first kappa shape index (κ1) is 14.9. The van der Waals surface area contributed by atoms with Crippen molar-refractivity contribution in [1.29, 1.82) is 0 Å². The van der Waals surface area contributed by atoms with Gasteiger partial charge in [-0.15, -0.1) is 10.2 Å². The van der Waals surface area contributed by atoms with Crippen molar-refractivity contribution in [3.8, 4) is 0 Å². The molecule has 0 spiro atoms. The van der Waals surface area contributed by atoms with E-state index in [9.17, 15) is 8.42 Å². The lowest BCUT2D eigenvalue weighted by Crippen LogP contribution is -2.24. The number of rotatable bonds is 3. The number of benzene rings is 1. The van der Waals surface area contributed by atoms with E-state index in [0.717, 1.165) is 5.71 Å². The lowest BCUT2D eigenvalue weighted by atomic mass is 10.3. The van der Waals surface area contributed by atoms with Gasteiger partial charge in [-0.25, -0.2) is 5.01 Å². The number of hydrogen-bond acceptors (Lipinski definition) is 5. The molecule has 2 rings (SSSR count). The maximum atomic E-state index is 11.0. The summed E-state index contributed by atoms with van der Waals surface area (Å²) < 4.78 is 31.0. The van der Waals surface area contributed by atoms with Gasteiger partial charge in [0, 0.05) is 12.1 Å². The molecule has 1 heterocycles. The van der Waals surface area contributed by atoms with E-state index in [1.54, 1.807) is 0 Å². The predicted molar refractivity (Wildman–Crippen MR) is 79.7 cm³/mol. The highest BCUT2D eigenvalue weighted by Gasteiger charge is 2.22. The Labute approximate surface area is 121 Å². The predicted octanol–water partition coefficient (Wildman–Crippen LogP) is 0.106. The summed E-state index contributed by atoms with van der Waals surface area (Å²) in [6, 6.07) is 5.53. The Bertz CT molecular complexity index is 732. The largest absolute Gasteiger partial charge is 0.369 e. The molecule has 0 unspecified atom stereocenters. The average molecular weight is 310 g/mol. The van der Waals surface area contributed by atoms with Crippen LogP contribution in [0.3, 0.4) is 0 Å². The number of nitrogens with zero attached hydrogens (tertiary/aromatic N) is 4. The fraction of sp³-hybridized carbons (Fsp3) is 0.182. The van der Waals surface area contributed by atoms with Gasteiger partial charge in [0.05, 0.1) is 10.6 Å². The van der Waals surface area contributed by atoms with Crippen LogP contribution in [0.25, 0.3) is 0 Å². The molecule has 9 nitrogen and oxygen atoms in total. The quantitative estimate of drug-likeness (QED) is 0.312. The molecule has 0 bridgehead atoms. The van der Waals surface area contributed by atoms with Crippen LogP contribution in [0, 0.1) is 0 Å². The first-order valence-electron chi connectivity index (χ1n) is 5.84. The minimum atomic E-state index is -4.23. The molecule has 1 aliphatic heterocycles. The van der Waals surface area contributed by atoms with Crippen molar-refractivity contribution in [2.45, 2.75) is 18.2 Å². The van der Waals surface area contributed by atoms with E-state index in [2.05, 4.69) is 15.3 Å². The van der Waals surface area contributed by atoms with Crippen LogP contribution in [-0.4, -0.2) is 30.5 Å². The van der Waals surface area contributed by atoms with Crippen LogP contribution in [0.1, 0.15) is 13.3 Å². The SMILES string of the molecule is CC1=NN(c2ccc(S(=O)(=O)O)cc2)/C(=N\N=C(N)N)C1. The normalized spacial score (nSPS) is 17.0. The molecule has 1 aliphatic rings. The molecule has 0 aromatic heterocycles. The molecule has 10 heteroatoms. The minimum Gasteiger partial charge on any atom is -0.369 e. The van der Waals surface area contributed by atoms with Gasteiger partial charge in [-0.3, -0.25) is 4.55 Å². The molecule has 5 N–H and O–H groups in total.